The van der Waals surface area contributed by atoms with Crippen LogP contribution in [-0.2, 0) is 6.61 Å². The van der Waals surface area contributed by atoms with E-state index in [2.05, 4.69) is 0 Å². The van der Waals surface area contributed by atoms with E-state index in [-0.39, 0.29) is 23.7 Å². The van der Waals surface area contributed by atoms with Crippen molar-refractivity contribution in [2.75, 3.05) is 7.11 Å². The van der Waals surface area contributed by atoms with Gasteiger partial charge in [0.2, 0.25) is 0 Å². The Kier molecular flexibility index (Phi) is 4.64. The SMILES string of the molecule is COc1cccc(COc2ccc(C)cc2[B-](F)(F)F)c1F. The summed E-state index contributed by atoms with van der Waals surface area (Å²) in [5, 5.41) is 0. The van der Waals surface area contributed by atoms with Gasteiger partial charge in [-0.15, -0.1) is 0 Å². The summed E-state index contributed by atoms with van der Waals surface area (Å²) in [6.07, 6.45) is 0. The summed E-state index contributed by atoms with van der Waals surface area (Å²) in [5.41, 5.74) is -0.210. The zero-order chi connectivity index (χ0) is 16.3. The Balaban J connectivity index is 2.26. The average Bonchev–Trinajstić information content (AvgIpc) is 2.46. The minimum Gasteiger partial charge on any atom is -0.494 e. The molecule has 2 aromatic rings. The highest BCUT2D eigenvalue weighted by molar-refractivity contribution is 6.74. The highest BCUT2D eigenvalue weighted by Crippen LogP contribution is 2.23. The Labute approximate surface area is 125 Å². The van der Waals surface area contributed by atoms with Crippen LogP contribution in [0.4, 0.5) is 17.3 Å². The molecule has 118 valence electrons. The molecule has 0 aliphatic heterocycles. The van der Waals surface area contributed by atoms with Gasteiger partial charge in [-0.1, -0.05) is 35.3 Å². The highest BCUT2D eigenvalue weighted by atomic mass is 19.4. The summed E-state index contributed by atoms with van der Waals surface area (Å²) in [5.74, 6) is -0.929. The van der Waals surface area contributed by atoms with E-state index in [0.717, 1.165) is 6.07 Å². The van der Waals surface area contributed by atoms with E-state index in [4.69, 9.17) is 9.47 Å². The lowest BCUT2D eigenvalue weighted by Gasteiger charge is -2.20. The zero-order valence-electron chi connectivity index (χ0n) is 12.1. The van der Waals surface area contributed by atoms with Crippen molar-refractivity contribution in [2.45, 2.75) is 13.5 Å². The molecule has 0 radical (unpaired) electrons. The van der Waals surface area contributed by atoms with Crippen LogP contribution in [0.25, 0.3) is 0 Å². The van der Waals surface area contributed by atoms with Crippen molar-refractivity contribution in [3.63, 3.8) is 0 Å². The summed E-state index contributed by atoms with van der Waals surface area (Å²) >= 11 is 0. The first kappa shape index (κ1) is 16.2. The lowest BCUT2D eigenvalue weighted by Crippen LogP contribution is -2.35. The second kappa shape index (κ2) is 6.29. The highest BCUT2D eigenvalue weighted by Gasteiger charge is 2.29. The van der Waals surface area contributed by atoms with Crippen molar-refractivity contribution in [2.24, 2.45) is 0 Å². The van der Waals surface area contributed by atoms with Crippen LogP contribution < -0.4 is 14.9 Å². The lowest BCUT2D eigenvalue weighted by molar-refractivity contribution is 0.296. The van der Waals surface area contributed by atoms with Crippen molar-refractivity contribution in [1.29, 1.82) is 0 Å². The van der Waals surface area contributed by atoms with E-state index in [9.17, 15) is 17.3 Å². The molecular weight excluding hydrogens is 299 g/mol. The predicted octanol–water partition coefficient (Wildman–Crippen LogP) is 3.78. The van der Waals surface area contributed by atoms with Crippen LogP contribution >= 0.6 is 0 Å². The second-order valence-corrected chi connectivity index (χ2v) is 4.84. The van der Waals surface area contributed by atoms with E-state index >= 15 is 0 Å². The van der Waals surface area contributed by atoms with Crippen molar-refractivity contribution < 1.29 is 26.8 Å². The number of halogens is 4. The molecule has 0 N–H and O–H groups in total. The maximum absolute atomic E-state index is 14.0. The van der Waals surface area contributed by atoms with E-state index < -0.39 is 18.3 Å². The van der Waals surface area contributed by atoms with Crippen molar-refractivity contribution in [1.82, 2.24) is 0 Å². The molecule has 0 heterocycles. The largest absolute Gasteiger partial charge is 0.513 e. The molecule has 0 aliphatic carbocycles. The topological polar surface area (TPSA) is 18.5 Å². The quantitative estimate of drug-likeness (QED) is 0.618. The summed E-state index contributed by atoms with van der Waals surface area (Å²) in [6.45, 7) is -3.95. The molecule has 0 atom stereocenters. The smallest absolute Gasteiger partial charge is 0.494 e. The number of methoxy groups -OCH3 is 1. The molecule has 0 spiro atoms. The molecule has 0 amide bonds. The van der Waals surface area contributed by atoms with Gasteiger partial charge in [-0.25, -0.2) is 4.39 Å². The van der Waals surface area contributed by atoms with Gasteiger partial charge >= 0.3 is 6.98 Å². The van der Waals surface area contributed by atoms with Crippen molar-refractivity contribution in [3.8, 4) is 11.5 Å². The molecule has 0 saturated heterocycles. The van der Waals surface area contributed by atoms with Crippen LogP contribution in [0.2, 0.25) is 0 Å². The van der Waals surface area contributed by atoms with Crippen molar-refractivity contribution in [3.05, 3.63) is 53.3 Å². The van der Waals surface area contributed by atoms with E-state index in [1.807, 2.05) is 0 Å². The van der Waals surface area contributed by atoms with Gasteiger partial charge in [-0.2, -0.15) is 0 Å². The van der Waals surface area contributed by atoms with Gasteiger partial charge in [-0.3, -0.25) is 0 Å². The van der Waals surface area contributed by atoms with Crippen LogP contribution in [0.5, 0.6) is 11.5 Å². The summed E-state index contributed by atoms with van der Waals surface area (Å²) in [6, 6.07) is 8.20. The fourth-order valence-electron chi connectivity index (χ4n) is 2.04. The summed E-state index contributed by atoms with van der Waals surface area (Å²) in [4.78, 5) is 0. The monoisotopic (exact) mass is 313 g/mol. The maximum atomic E-state index is 14.0. The Morgan fingerprint density at radius 2 is 1.77 bits per heavy atom. The molecule has 0 unspecified atom stereocenters. The summed E-state index contributed by atoms with van der Waals surface area (Å²) in [7, 11) is 1.31. The molecule has 0 saturated carbocycles. The van der Waals surface area contributed by atoms with Gasteiger partial charge in [0.15, 0.2) is 11.6 Å². The molecule has 22 heavy (non-hydrogen) atoms. The van der Waals surface area contributed by atoms with Gasteiger partial charge in [0.1, 0.15) is 6.61 Å². The molecular formula is C15H14BF4O2-. The van der Waals surface area contributed by atoms with Gasteiger partial charge < -0.3 is 22.4 Å². The van der Waals surface area contributed by atoms with Crippen LogP contribution in [0.1, 0.15) is 11.1 Å². The molecule has 2 rings (SSSR count). The molecule has 0 bridgehead atoms. The minimum absolute atomic E-state index is 0.0188. The molecule has 0 aromatic heterocycles. The normalized spacial score (nSPS) is 11.4. The lowest BCUT2D eigenvalue weighted by atomic mass is 9.78. The van der Waals surface area contributed by atoms with Gasteiger partial charge in [0, 0.05) is 5.56 Å². The Hall–Kier alpha value is -2.18. The van der Waals surface area contributed by atoms with E-state index in [1.165, 1.54) is 31.4 Å². The Morgan fingerprint density at radius 3 is 2.41 bits per heavy atom. The molecule has 2 nitrogen and oxygen atoms in total. The van der Waals surface area contributed by atoms with Gasteiger partial charge in [-0.05, 0) is 19.1 Å². The van der Waals surface area contributed by atoms with Crippen LogP contribution in [0.3, 0.4) is 0 Å². The second-order valence-electron chi connectivity index (χ2n) is 4.84. The summed E-state index contributed by atoms with van der Waals surface area (Å²) < 4.78 is 63.1. The number of rotatable bonds is 5. The Morgan fingerprint density at radius 1 is 1.05 bits per heavy atom. The maximum Gasteiger partial charge on any atom is 0.513 e. The number of ether oxygens (including phenoxy) is 2. The molecule has 0 fully saturated rings. The van der Waals surface area contributed by atoms with Crippen LogP contribution in [0, 0.1) is 12.7 Å². The average molecular weight is 313 g/mol. The third kappa shape index (κ3) is 3.53. The van der Waals surface area contributed by atoms with E-state index in [0.29, 0.717) is 5.56 Å². The van der Waals surface area contributed by atoms with E-state index in [1.54, 1.807) is 13.0 Å². The standard InChI is InChI=1S/C15H14BF4O2/c1-10-6-7-13(12(8-10)16(18,19)20)22-9-11-4-3-5-14(21-2)15(11)17/h3-8H,9H2,1-2H3/q-1. The van der Waals surface area contributed by atoms with Crippen LogP contribution in [0.15, 0.2) is 36.4 Å². The first-order valence-corrected chi connectivity index (χ1v) is 6.57. The van der Waals surface area contributed by atoms with Crippen LogP contribution in [-0.4, -0.2) is 14.1 Å². The fourth-order valence-corrected chi connectivity index (χ4v) is 2.04. The number of aryl methyl sites for hydroxylation is 1. The predicted molar refractivity (Wildman–Crippen MR) is 77.2 cm³/mol. The first-order valence-electron chi connectivity index (χ1n) is 6.57. The number of hydrogen-bond donors (Lipinski definition) is 0. The van der Waals surface area contributed by atoms with Gasteiger partial charge in [0.05, 0.1) is 12.9 Å². The van der Waals surface area contributed by atoms with Gasteiger partial charge in [0.25, 0.3) is 0 Å². The minimum atomic E-state index is -5.20. The zero-order valence-corrected chi connectivity index (χ0v) is 12.1. The molecule has 0 aliphatic rings. The fraction of sp³-hybridized carbons (Fsp3) is 0.200. The number of hydrogen-bond acceptors (Lipinski definition) is 2. The third-order valence-electron chi connectivity index (χ3n) is 3.16. The van der Waals surface area contributed by atoms with Crippen molar-refractivity contribution >= 4 is 12.4 Å². The third-order valence-corrected chi connectivity index (χ3v) is 3.16. The molecule has 2 aromatic carbocycles. The molecule has 7 heteroatoms. The number of benzene rings is 2. The first-order chi connectivity index (χ1) is 10.3. The Bertz CT molecular complexity index is 671.